The van der Waals surface area contributed by atoms with Gasteiger partial charge in [0.25, 0.3) is 0 Å². The predicted octanol–water partition coefficient (Wildman–Crippen LogP) is 3.26. The molecule has 0 saturated heterocycles. The quantitative estimate of drug-likeness (QED) is 0.673. The van der Waals surface area contributed by atoms with E-state index in [1.54, 1.807) is 6.92 Å². The molecule has 0 bridgehead atoms. The first-order valence-electron chi connectivity index (χ1n) is 5.70. The maximum absolute atomic E-state index is 11.3. The molecule has 0 heterocycles. The molecule has 0 aromatic heterocycles. The molecular weight excluding hydrogens is 184 g/mol. The van der Waals surface area contributed by atoms with E-state index in [-0.39, 0.29) is 5.78 Å². The van der Waals surface area contributed by atoms with Gasteiger partial charge in [-0.2, -0.15) is 0 Å². The molecule has 1 heteroatoms. The Morgan fingerprint density at radius 2 is 1.93 bits per heavy atom. The fourth-order valence-electron chi connectivity index (χ4n) is 2.34. The van der Waals surface area contributed by atoms with Crippen molar-refractivity contribution < 1.29 is 4.79 Å². The van der Waals surface area contributed by atoms with Gasteiger partial charge in [-0.05, 0) is 48.8 Å². The van der Waals surface area contributed by atoms with Crippen molar-refractivity contribution in [2.24, 2.45) is 11.8 Å². The molecule has 0 amide bonds. The topological polar surface area (TPSA) is 17.1 Å². The minimum atomic E-state index is 0.172. The molecule has 0 spiro atoms. The maximum Gasteiger partial charge on any atom is 0.159 e. The van der Waals surface area contributed by atoms with E-state index in [2.05, 4.69) is 26.0 Å². The molecule has 1 aliphatic rings. The molecule has 0 fully saturated rings. The van der Waals surface area contributed by atoms with Crippen LogP contribution in [0.15, 0.2) is 18.2 Å². The molecule has 1 aromatic carbocycles. The number of ketones is 1. The number of carbonyl (C=O) groups excluding carboxylic acids is 1. The van der Waals surface area contributed by atoms with Gasteiger partial charge >= 0.3 is 0 Å². The zero-order valence-corrected chi connectivity index (χ0v) is 9.71. The van der Waals surface area contributed by atoms with Gasteiger partial charge in [-0.1, -0.05) is 26.0 Å². The van der Waals surface area contributed by atoms with E-state index in [1.807, 2.05) is 6.07 Å². The lowest BCUT2D eigenvalue weighted by atomic mass is 9.93. The molecule has 1 atom stereocenters. The average Bonchev–Trinajstić information content (AvgIpc) is 2.59. The zero-order valence-electron chi connectivity index (χ0n) is 9.71. The first-order chi connectivity index (χ1) is 7.08. The zero-order chi connectivity index (χ0) is 11.0. The highest BCUT2D eigenvalue weighted by molar-refractivity contribution is 5.94. The van der Waals surface area contributed by atoms with Crippen LogP contribution in [0.25, 0.3) is 0 Å². The summed E-state index contributed by atoms with van der Waals surface area (Å²) in [6.07, 6.45) is 2.33. The third-order valence-electron chi connectivity index (χ3n) is 3.52. The molecule has 0 aliphatic heterocycles. The van der Waals surface area contributed by atoms with Crippen LogP contribution in [0, 0.1) is 11.8 Å². The van der Waals surface area contributed by atoms with Crippen LogP contribution in [0.5, 0.6) is 0 Å². The Balaban J connectivity index is 2.27. The lowest BCUT2D eigenvalue weighted by molar-refractivity contribution is 0.101. The van der Waals surface area contributed by atoms with Crippen LogP contribution in [0.2, 0.25) is 0 Å². The number of hydrogen-bond donors (Lipinski definition) is 0. The second-order valence-electron chi connectivity index (χ2n) is 4.95. The molecule has 2 rings (SSSR count). The van der Waals surface area contributed by atoms with Crippen LogP contribution < -0.4 is 0 Å². The van der Waals surface area contributed by atoms with E-state index in [0.717, 1.165) is 23.8 Å². The van der Waals surface area contributed by atoms with Gasteiger partial charge in [-0.15, -0.1) is 0 Å². The number of fused-ring (bicyclic) bond motifs is 1. The summed E-state index contributed by atoms with van der Waals surface area (Å²) in [6, 6.07) is 6.18. The first-order valence-corrected chi connectivity index (χ1v) is 5.70. The summed E-state index contributed by atoms with van der Waals surface area (Å²) in [5.41, 5.74) is 3.69. The third-order valence-corrected chi connectivity index (χ3v) is 3.52. The van der Waals surface area contributed by atoms with Gasteiger partial charge in [0, 0.05) is 5.56 Å². The lowest BCUT2D eigenvalue weighted by Crippen LogP contribution is -2.07. The average molecular weight is 202 g/mol. The van der Waals surface area contributed by atoms with E-state index >= 15 is 0 Å². The predicted molar refractivity (Wildman–Crippen MR) is 62.2 cm³/mol. The summed E-state index contributed by atoms with van der Waals surface area (Å²) in [7, 11) is 0. The van der Waals surface area contributed by atoms with Gasteiger partial charge in [0.15, 0.2) is 5.78 Å². The highest BCUT2D eigenvalue weighted by atomic mass is 16.1. The van der Waals surface area contributed by atoms with Crippen molar-refractivity contribution in [1.29, 1.82) is 0 Å². The molecule has 0 radical (unpaired) electrons. The Labute approximate surface area is 91.5 Å². The standard InChI is InChI=1S/C14H18O/c1-9(2)13-7-12-5-4-11(10(3)15)6-14(12)8-13/h4-6,9,13H,7-8H2,1-3H3. The summed E-state index contributed by atoms with van der Waals surface area (Å²) in [4.78, 5) is 11.3. The largest absolute Gasteiger partial charge is 0.295 e. The summed E-state index contributed by atoms with van der Waals surface area (Å²) >= 11 is 0. The second kappa shape index (κ2) is 3.80. The highest BCUT2D eigenvalue weighted by Crippen LogP contribution is 2.31. The second-order valence-corrected chi connectivity index (χ2v) is 4.95. The van der Waals surface area contributed by atoms with Crippen LogP contribution in [0.4, 0.5) is 0 Å². The monoisotopic (exact) mass is 202 g/mol. The normalized spacial score (nSPS) is 19.3. The van der Waals surface area contributed by atoms with Crippen molar-refractivity contribution in [3.8, 4) is 0 Å². The Kier molecular flexibility index (Phi) is 2.64. The summed E-state index contributed by atoms with van der Waals surface area (Å²) < 4.78 is 0. The SMILES string of the molecule is CC(=O)c1ccc2c(c1)CC(C(C)C)C2. The Morgan fingerprint density at radius 1 is 1.27 bits per heavy atom. The molecule has 0 N–H and O–H groups in total. The highest BCUT2D eigenvalue weighted by Gasteiger charge is 2.24. The van der Waals surface area contributed by atoms with Gasteiger partial charge in [-0.3, -0.25) is 4.79 Å². The number of benzene rings is 1. The maximum atomic E-state index is 11.3. The van der Waals surface area contributed by atoms with Crippen molar-refractivity contribution in [2.45, 2.75) is 33.6 Å². The molecule has 80 valence electrons. The molecule has 0 saturated carbocycles. The van der Waals surface area contributed by atoms with Crippen LogP contribution in [-0.2, 0) is 12.8 Å². The number of rotatable bonds is 2. The molecule has 15 heavy (non-hydrogen) atoms. The Bertz CT molecular complexity index is 390. The molecular formula is C14H18O. The fourth-order valence-corrected chi connectivity index (χ4v) is 2.34. The molecule has 1 aromatic rings. The van der Waals surface area contributed by atoms with Crippen LogP contribution in [0.3, 0.4) is 0 Å². The van der Waals surface area contributed by atoms with Crippen LogP contribution in [0.1, 0.15) is 42.3 Å². The van der Waals surface area contributed by atoms with Crippen molar-refractivity contribution in [1.82, 2.24) is 0 Å². The van der Waals surface area contributed by atoms with Gasteiger partial charge in [0.2, 0.25) is 0 Å². The van der Waals surface area contributed by atoms with Gasteiger partial charge in [0.1, 0.15) is 0 Å². The molecule has 1 unspecified atom stereocenters. The minimum Gasteiger partial charge on any atom is -0.295 e. The van der Waals surface area contributed by atoms with E-state index in [0.29, 0.717) is 0 Å². The minimum absolute atomic E-state index is 0.172. The lowest BCUT2D eigenvalue weighted by Gasteiger charge is -2.12. The number of hydrogen-bond acceptors (Lipinski definition) is 1. The summed E-state index contributed by atoms with van der Waals surface area (Å²) in [5, 5.41) is 0. The van der Waals surface area contributed by atoms with Gasteiger partial charge < -0.3 is 0 Å². The first kappa shape index (κ1) is 10.4. The Hall–Kier alpha value is -1.11. The van der Waals surface area contributed by atoms with Crippen molar-refractivity contribution in [2.75, 3.05) is 0 Å². The van der Waals surface area contributed by atoms with Gasteiger partial charge in [-0.25, -0.2) is 0 Å². The van der Waals surface area contributed by atoms with Crippen LogP contribution >= 0.6 is 0 Å². The van der Waals surface area contributed by atoms with E-state index < -0.39 is 0 Å². The van der Waals surface area contributed by atoms with Crippen LogP contribution in [-0.4, -0.2) is 5.78 Å². The van der Waals surface area contributed by atoms with Crippen molar-refractivity contribution in [3.05, 3.63) is 34.9 Å². The molecule has 1 nitrogen and oxygen atoms in total. The van der Waals surface area contributed by atoms with E-state index in [4.69, 9.17) is 0 Å². The number of carbonyl (C=O) groups is 1. The summed E-state index contributed by atoms with van der Waals surface area (Å²) in [5.74, 6) is 1.67. The Morgan fingerprint density at radius 3 is 2.53 bits per heavy atom. The van der Waals surface area contributed by atoms with Crippen molar-refractivity contribution in [3.63, 3.8) is 0 Å². The van der Waals surface area contributed by atoms with Gasteiger partial charge in [0.05, 0.1) is 0 Å². The summed E-state index contributed by atoms with van der Waals surface area (Å²) in [6.45, 7) is 6.20. The smallest absolute Gasteiger partial charge is 0.159 e. The molecule has 1 aliphatic carbocycles. The van der Waals surface area contributed by atoms with E-state index in [1.165, 1.54) is 17.5 Å². The van der Waals surface area contributed by atoms with Crippen molar-refractivity contribution >= 4 is 5.78 Å². The van der Waals surface area contributed by atoms with E-state index in [9.17, 15) is 4.79 Å². The fraction of sp³-hybridized carbons (Fsp3) is 0.500. The number of Topliss-reactive ketones (excluding diaryl/α,β-unsaturated/α-hetero) is 1. The third kappa shape index (κ3) is 1.97.